The van der Waals surface area contributed by atoms with Crippen molar-refractivity contribution in [3.8, 4) is 0 Å². The van der Waals surface area contributed by atoms with Gasteiger partial charge in [-0.3, -0.25) is 9.59 Å². The molecule has 1 aromatic heterocycles. The number of hydrogen-bond donors (Lipinski definition) is 1. The van der Waals surface area contributed by atoms with Crippen molar-refractivity contribution in [3.05, 3.63) is 26.0 Å². The van der Waals surface area contributed by atoms with E-state index in [0.29, 0.717) is 24.3 Å². The van der Waals surface area contributed by atoms with Crippen molar-refractivity contribution >= 4 is 23.2 Å². The van der Waals surface area contributed by atoms with Crippen molar-refractivity contribution in [2.24, 2.45) is 11.0 Å². The number of hydrogen-bond acceptors (Lipinski definition) is 6. The second-order valence-electron chi connectivity index (χ2n) is 7.47. The van der Waals surface area contributed by atoms with Crippen LogP contribution in [0.15, 0.2) is 5.11 Å². The smallest absolute Gasteiger partial charge is 0.280 e. The van der Waals surface area contributed by atoms with E-state index in [1.165, 1.54) is 11.3 Å². The summed E-state index contributed by atoms with van der Waals surface area (Å²) in [5.41, 5.74) is 9.84. The Kier molecular flexibility index (Phi) is 5.98. The van der Waals surface area contributed by atoms with Crippen LogP contribution in [0.3, 0.4) is 0 Å². The molecule has 1 fully saturated rings. The lowest BCUT2D eigenvalue weighted by atomic mass is 9.82. The normalized spacial score (nSPS) is 25.2. The number of nitrogens with one attached hydrogen (secondary N) is 1. The second kappa shape index (κ2) is 8.24. The van der Waals surface area contributed by atoms with Crippen molar-refractivity contribution < 1.29 is 9.59 Å². The van der Waals surface area contributed by atoms with Gasteiger partial charge in [-0.25, -0.2) is 4.98 Å². The van der Waals surface area contributed by atoms with Crippen molar-refractivity contribution in [1.29, 1.82) is 0 Å². The predicted molar refractivity (Wildman–Crippen MR) is 102 cm³/mol. The highest BCUT2D eigenvalue weighted by Crippen LogP contribution is 2.29. The molecular weight excluding hydrogens is 366 g/mol. The second-order valence-corrected chi connectivity index (χ2v) is 8.56. The van der Waals surface area contributed by atoms with E-state index in [2.05, 4.69) is 32.3 Å². The minimum Gasteiger partial charge on any atom is -0.349 e. The molecule has 3 unspecified atom stereocenters. The predicted octanol–water partition coefficient (Wildman–Crippen LogP) is 1.80. The van der Waals surface area contributed by atoms with Crippen LogP contribution in [0.4, 0.5) is 0 Å². The van der Waals surface area contributed by atoms with E-state index in [4.69, 9.17) is 5.53 Å². The number of nitrogens with zero attached hydrogens (tertiary/aromatic N) is 6. The van der Waals surface area contributed by atoms with E-state index in [9.17, 15) is 9.59 Å². The minimum atomic E-state index is -0.361. The Morgan fingerprint density at radius 3 is 2.89 bits per heavy atom. The zero-order valence-corrected chi connectivity index (χ0v) is 16.7. The van der Waals surface area contributed by atoms with Crippen LogP contribution in [0, 0.1) is 5.92 Å². The molecule has 3 atom stereocenters. The number of aromatic nitrogens is 1. The maximum atomic E-state index is 12.8. The summed E-state index contributed by atoms with van der Waals surface area (Å²) in [7, 11) is 5.51. The Bertz CT molecular complexity index is 771. The third-order valence-electron chi connectivity index (χ3n) is 5.24. The maximum absolute atomic E-state index is 12.8. The number of amides is 2. The lowest BCUT2D eigenvalue weighted by molar-refractivity contribution is -0.134. The largest absolute Gasteiger partial charge is 0.349 e. The molecule has 9 nitrogen and oxygen atoms in total. The van der Waals surface area contributed by atoms with Gasteiger partial charge in [0.1, 0.15) is 0 Å². The molecule has 0 spiro atoms. The van der Waals surface area contributed by atoms with E-state index in [0.717, 1.165) is 30.1 Å². The molecule has 1 aliphatic carbocycles. The van der Waals surface area contributed by atoms with Gasteiger partial charge in [0.15, 0.2) is 5.01 Å². The average Bonchev–Trinajstić information content (AvgIpc) is 3.05. The highest BCUT2D eigenvalue weighted by atomic mass is 32.1. The molecule has 0 saturated heterocycles. The Morgan fingerprint density at radius 1 is 1.41 bits per heavy atom. The van der Waals surface area contributed by atoms with E-state index in [-0.39, 0.29) is 29.8 Å². The van der Waals surface area contributed by atoms with Gasteiger partial charge in [0.05, 0.1) is 11.7 Å². The Labute approximate surface area is 162 Å². The zero-order chi connectivity index (χ0) is 19.6. The molecule has 1 N–H and O–H groups in total. The van der Waals surface area contributed by atoms with Crippen LogP contribution < -0.4 is 5.32 Å². The fourth-order valence-electron chi connectivity index (χ4n) is 3.75. The van der Waals surface area contributed by atoms with Gasteiger partial charge in [-0.2, -0.15) is 0 Å². The summed E-state index contributed by atoms with van der Waals surface area (Å²) in [4.78, 5) is 37.4. The van der Waals surface area contributed by atoms with Crippen LogP contribution in [0.1, 0.15) is 39.6 Å². The topological polar surface area (TPSA) is 114 Å². The summed E-state index contributed by atoms with van der Waals surface area (Å²) in [6.45, 7) is 1.75. The molecule has 146 valence electrons. The van der Waals surface area contributed by atoms with Crippen LogP contribution in [-0.2, 0) is 17.8 Å². The summed E-state index contributed by atoms with van der Waals surface area (Å²) >= 11 is 1.42. The van der Waals surface area contributed by atoms with E-state index in [1.807, 2.05) is 0 Å². The summed E-state index contributed by atoms with van der Waals surface area (Å²) in [6, 6.07) is -0.703. The molecular formula is C17H25N7O2S. The number of carbonyl (C=O) groups excluding carboxylic acids is 2. The lowest BCUT2D eigenvalue weighted by Gasteiger charge is -2.34. The van der Waals surface area contributed by atoms with Crippen molar-refractivity contribution in [2.75, 3.05) is 27.7 Å². The number of likely N-dealkylation sites (N-methyl/N-ethyl adjacent to an activating group) is 1. The summed E-state index contributed by atoms with van der Waals surface area (Å²) < 4.78 is 0. The van der Waals surface area contributed by atoms with Gasteiger partial charge < -0.3 is 15.1 Å². The molecule has 0 bridgehead atoms. The Hall–Kier alpha value is -2.16. The van der Waals surface area contributed by atoms with Gasteiger partial charge >= 0.3 is 0 Å². The van der Waals surface area contributed by atoms with Gasteiger partial charge in [0, 0.05) is 55.4 Å². The van der Waals surface area contributed by atoms with Gasteiger partial charge in [0.25, 0.3) is 5.91 Å². The fourth-order valence-corrected chi connectivity index (χ4v) is 4.85. The van der Waals surface area contributed by atoms with Crippen molar-refractivity contribution in [3.63, 3.8) is 0 Å². The number of thiazole rings is 1. The summed E-state index contributed by atoms with van der Waals surface area (Å²) in [5.74, 6) is -0.381. The first-order chi connectivity index (χ1) is 12.9. The highest BCUT2D eigenvalue weighted by Gasteiger charge is 2.35. The SMILES string of the molecule is CN1CCc2nc(C(=O)NC3CC(C(=O)N(C)C)CCC3N=[N+]=[N-])sc2C1. The molecule has 10 heteroatoms. The Morgan fingerprint density at radius 2 is 2.19 bits per heavy atom. The van der Waals surface area contributed by atoms with Crippen LogP contribution in [-0.4, -0.2) is 66.4 Å². The van der Waals surface area contributed by atoms with Gasteiger partial charge in [0.2, 0.25) is 5.91 Å². The zero-order valence-electron chi connectivity index (χ0n) is 15.9. The monoisotopic (exact) mass is 391 g/mol. The van der Waals surface area contributed by atoms with Crippen LogP contribution in [0.2, 0.25) is 0 Å². The first kappa shape index (κ1) is 19.6. The summed E-state index contributed by atoms with van der Waals surface area (Å²) in [6.07, 6.45) is 2.56. The van der Waals surface area contributed by atoms with Crippen molar-refractivity contribution in [2.45, 2.75) is 44.3 Å². The lowest BCUT2D eigenvalue weighted by Crippen LogP contribution is -2.48. The van der Waals surface area contributed by atoms with Crippen LogP contribution >= 0.6 is 11.3 Å². The number of rotatable bonds is 4. The quantitative estimate of drug-likeness (QED) is 0.479. The third-order valence-corrected chi connectivity index (χ3v) is 6.32. The highest BCUT2D eigenvalue weighted by molar-refractivity contribution is 7.13. The molecule has 2 aliphatic rings. The standard InChI is InChI=1S/C17H25N7O2S/c1-23(2)17(26)10-4-5-11(21-22-18)13(8-10)19-15(25)16-20-12-6-7-24(3)9-14(12)27-16/h10-11,13H,4-9H2,1-3H3,(H,19,25). The minimum absolute atomic E-state index is 0.0430. The molecule has 3 rings (SSSR count). The number of azide groups is 1. The van der Waals surface area contributed by atoms with Gasteiger partial charge in [-0.15, -0.1) is 11.3 Å². The first-order valence-electron chi connectivity index (χ1n) is 9.12. The third kappa shape index (κ3) is 4.40. The number of carbonyl (C=O) groups is 2. The molecule has 0 radical (unpaired) electrons. The van der Waals surface area contributed by atoms with Crippen molar-refractivity contribution in [1.82, 2.24) is 20.1 Å². The molecule has 27 heavy (non-hydrogen) atoms. The van der Waals surface area contributed by atoms with E-state index in [1.54, 1.807) is 19.0 Å². The van der Waals surface area contributed by atoms with Gasteiger partial charge in [-0.1, -0.05) is 5.11 Å². The number of fused-ring (bicyclic) bond motifs is 1. The molecule has 1 saturated carbocycles. The Balaban J connectivity index is 1.73. The molecule has 0 aromatic carbocycles. The maximum Gasteiger partial charge on any atom is 0.280 e. The molecule has 2 amide bonds. The molecule has 2 heterocycles. The van der Waals surface area contributed by atoms with Crippen LogP contribution in [0.25, 0.3) is 10.4 Å². The van der Waals surface area contributed by atoms with Crippen LogP contribution in [0.5, 0.6) is 0 Å². The average molecular weight is 392 g/mol. The van der Waals surface area contributed by atoms with E-state index >= 15 is 0 Å². The van der Waals surface area contributed by atoms with Gasteiger partial charge in [-0.05, 0) is 31.8 Å². The fraction of sp³-hybridized carbons (Fsp3) is 0.706. The summed E-state index contributed by atoms with van der Waals surface area (Å²) in [5, 5.41) is 7.26. The first-order valence-corrected chi connectivity index (χ1v) is 9.94. The molecule has 1 aliphatic heterocycles. The van der Waals surface area contributed by atoms with E-state index < -0.39 is 0 Å². The molecule has 1 aromatic rings.